The molecule has 0 atom stereocenters. The Labute approximate surface area is 136 Å². The van der Waals surface area contributed by atoms with Crippen LogP contribution in [0.5, 0.6) is 0 Å². The fourth-order valence-electron chi connectivity index (χ4n) is 2.08. The molecule has 1 amide bonds. The average molecular weight is 330 g/mol. The predicted octanol–water partition coefficient (Wildman–Crippen LogP) is 4.09. The van der Waals surface area contributed by atoms with E-state index in [2.05, 4.69) is 5.32 Å². The number of fused-ring (bicyclic) bond motifs is 1. The molecule has 0 unspecified atom stereocenters. The van der Waals surface area contributed by atoms with Crippen LogP contribution in [0.4, 0.5) is 5.69 Å². The van der Waals surface area contributed by atoms with Crippen LogP contribution in [0.15, 0.2) is 48.5 Å². The highest BCUT2D eigenvalue weighted by Crippen LogP contribution is 2.35. The minimum atomic E-state index is -0.248. The Hall–Kier alpha value is -2.37. The van der Waals surface area contributed by atoms with E-state index in [9.17, 15) is 4.79 Å². The number of carbonyl (C=O) groups is 1. The van der Waals surface area contributed by atoms with Gasteiger partial charge in [-0.3, -0.25) is 10.2 Å². The van der Waals surface area contributed by atoms with Gasteiger partial charge in [0, 0.05) is 21.3 Å². The molecule has 3 rings (SSSR count). The van der Waals surface area contributed by atoms with Gasteiger partial charge in [0.15, 0.2) is 0 Å². The summed E-state index contributed by atoms with van der Waals surface area (Å²) in [6.07, 6.45) is 0. The van der Waals surface area contributed by atoms with Gasteiger partial charge in [0.25, 0.3) is 5.91 Å². The van der Waals surface area contributed by atoms with Crippen molar-refractivity contribution in [3.63, 3.8) is 0 Å². The molecule has 0 saturated heterocycles. The lowest BCUT2D eigenvalue weighted by Gasteiger charge is -2.05. The molecule has 4 N–H and O–H groups in total. The molecule has 6 heteroatoms. The maximum absolute atomic E-state index is 12.4. The average Bonchev–Trinajstić information content (AvgIpc) is 2.85. The number of nitrogen functional groups attached to an aromatic ring is 1. The van der Waals surface area contributed by atoms with Crippen LogP contribution in [0.1, 0.15) is 15.2 Å². The summed E-state index contributed by atoms with van der Waals surface area (Å²) in [5.41, 5.74) is 6.64. The standard InChI is InChI=1S/C16H12ClN3OS/c17-13-11-3-1-2-4-12(11)22-14(13)16(21)20-10-7-5-9(6-8-10)15(18)19/h1-8H,(H3,18,19)(H,20,21). The maximum Gasteiger partial charge on any atom is 0.267 e. The number of thiophene rings is 1. The summed E-state index contributed by atoms with van der Waals surface area (Å²) in [4.78, 5) is 12.9. The van der Waals surface area contributed by atoms with E-state index in [-0.39, 0.29) is 11.7 Å². The first-order chi connectivity index (χ1) is 10.6. The van der Waals surface area contributed by atoms with Crippen molar-refractivity contribution in [2.45, 2.75) is 0 Å². The molecule has 0 saturated carbocycles. The van der Waals surface area contributed by atoms with Gasteiger partial charge in [-0.2, -0.15) is 0 Å². The van der Waals surface area contributed by atoms with Gasteiger partial charge in [0.1, 0.15) is 10.7 Å². The van der Waals surface area contributed by atoms with E-state index in [4.69, 9.17) is 22.7 Å². The molecule has 1 aromatic heterocycles. The second kappa shape index (κ2) is 5.79. The van der Waals surface area contributed by atoms with Gasteiger partial charge in [-0.15, -0.1) is 11.3 Å². The number of anilines is 1. The van der Waals surface area contributed by atoms with Gasteiger partial charge < -0.3 is 11.1 Å². The number of benzene rings is 2. The number of amidine groups is 1. The minimum absolute atomic E-state index is 0.00886. The topological polar surface area (TPSA) is 79.0 Å². The molecule has 0 bridgehead atoms. The molecule has 0 aliphatic rings. The number of nitrogens with two attached hydrogens (primary N) is 1. The SMILES string of the molecule is N=C(N)c1ccc(NC(=O)c2sc3ccccc3c2Cl)cc1. The molecule has 1 heterocycles. The highest BCUT2D eigenvalue weighted by atomic mass is 35.5. The highest BCUT2D eigenvalue weighted by molar-refractivity contribution is 7.21. The number of amides is 1. The van der Waals surface area contributed by atoms with Crippen molar-refractivity contribution in [3.8, 4) is 0 Å². The van der Waals surface area contributed by atoms with Gasteiger partial charge in [0.2, 0.25) is 0 Å². The molecular weight excluding hydrogens is 318 g/mol. The first kappa shape index (κ1) is 14.6. The van der Waals surface area contributed by atoms with Crippen LogP contribution in [0, 0.1) is 5.41 Å². The second-order valence-corrected chi connectivity index (χ2v) is 6.12. The summed E-state index contributed by atoms with van der Waals surface area (Å²) < 4.78 is 0.976. The molecule has 0 aliphatic heterocycles. The number of nitrogens with one attached hydrogen (secondary N) is 2. The fourth-order valence-corrected chi connectivity index (χ4v) is 3.49. The van der Waals surface area contributed by atoms with E-state index in [1.54, 1.807) is 24.3 Å². The number of hydrogen-bond donors (Lipinski definition) is 3. The van der Waals surface area contributed by atoms with Crippen LogP contribution in [0.3, 0.4) is 0 Å². The summed E-state index contributed by atoms with van der Waals surface area (Å²) in [6.45, 7) is 0. The van der Waals surface area contributed by atoms with Gasteiger partial charge in [-0.1, -0.05) is 29.8 Å². The third-order valence-corrected chi connectivity index (χ3v) is 4.87. The summed E-state index contributed by atoms with van der Waals surface area (Å²) >= 11 is 7.65. The Bertz CT molecular complexity index is 871. The van der Waals surface area contributed by atoms with Crippen molar-refractivity contribution in [2.24, 2.45) is 5.73 Å². The predicted molar refractivity (Wildman–Crippen MR) is 92.2 cm³/mol. The monoisotopic (exact) mass is 329 g/mol. The van der Waals surface area contributed by atoms with Gasteiger partial charge in [0.05, 0.1) is 5.02 Å². The quantitative estimate of drug-likeness (QED) is 0.500. The lowest BCUT2D eigenvalue weighted by molar-refractivity contribution is 0.103. The summed E-state index contributed by atoms with van der Waals surface area (Å²) in [7, 11) is 0. The lowest BCUT2D eigenvalue weighted by atomic mass is 10.2. The van der Waals surface area contributed by atoms with Crippen LogP contribution in [-0.4, -0.2) is 11.7 Å². The van der Waals surface area contributed by atoms with Gasteiger partial charge in [-0.25, -0.2) is 0 Å². The van der Waals surface area contributed by atoms with Crippen molar-refractivity contribution in [2.75, 3.05) is 5.32 Å². The van der Waals surface area contributed by atoms with E-state index >= 15 is 0 Å². The molecule has 2 aromatic carbocycles. The fraction of sp³-hybridized carbons (Fsp3) is 0. The third-order valence-electron chi connectivity index (χ3n) is 3.19. The zero-order valence-electron chi connectivity index (χ0n) is 11.4. The van der Waals surface area contributed by atoms with Crippen molar-refractivity contribution in [1.82, 2.24) is 0 Å². The Morgan fingerprint density at radius 1 is 1.14 bits per heavy atom. The molecule has 0 fully saturated rings. The van der Waals surface area contributed by atoms with Crippen LogP contribution < -0.4 is 11.1 Å². The molecule has 0 radical (unpaired) electrons. The third kappa shape index (κ3) is 2.68. The van der Waals surface area contributed by atoms with Gasteiger partial charge >= 0.3 is 0 Å². The molecular formula is C16H12ClN3OS. The first-order valence-electron chi connectivity index (χ1n) is 6.49. The molecule has 0 aliphatic carbocycles. The number of rotatable bonds is 3. The summed E-state index contributed by atoms with van der Waals surface area (Å²) in [5, 5.41) is 11.5. The number of carbonyl (C=O) groups excluding carboxylic acids is 1. The van der Waals surface area contributed by atoms with E-state index in [1.165, 1.54) is 11.3 Å². The van der Waals surface area contributed by atoms with Crippen molar-refractivity contribution < 1.29 is 4.79 Å². The largest absolute Gasteiger partial charge is 0.384 e. The summed E-state index contributed by atoms with van der Waals surface area (Å²) in [6, 6.07) is 14.4. The Morgan fingerprint density at radius 3 is 2.45 bits per heavy atom. The number of hydrogen-bond acceptors (Lipinski definition) is 3. The van der Waals surface area contributed by atoms with Gasteiger partial charge in [-0.05, 0) is 30.3 Å². The van der Waals surface area contributed by atoms with Crippen LogP contribution in [0.2, 0.25) is 5.02 Å². The summed E-state index contributed by atoms with van der Waals surface area (Å²) in [5.74, 6) is -0.257. The van der Waals surface area contributed by atoms with Crippen molar-refractivity contribution in [3.05, 3.63) is 64.0 Å². The molecule has 110 valence electrons. The highest BCUT2D eigenvalue weighted by Gasteiger charge is 2.16. The Kier molecular flexibility index (Phi) is 3.83. The van der Waals surface area contributed by atoms with Crippen LogP contribution in [0.25, 0.3) is 10.1 Å². The number of halogens is 1. The smallest absolute Gasteiger partial charge is 0.267 e. The lowest BCUT2D eigenvalue weighted by Crippen LogP contribution is -2.12. The maximum atomic E-state index is 12.4. The van der Waals surface area contributed by atoms with E-state index in [0.717, 1.165) is 10.1 Å². The molecule has 3 aromatic rings. The minimum Gasteiger partial charge on any atom is -0.384 e. The second-order valence-electron chi connectivity index (χ2n) is 4.69. The van der Waals surface area contributed by atoms with E-state index < -0.39 is 0 Å². The van der Waals surface area contributed by atoms with Crippen molar-refractivity contribution in [1.29, 1.82) is 5.41 Å². The Morgan fingerprint density at radius 2 is 1.82 bits per heavy atom. The van der Waals surface area contributed by atoms with E-state index in [0.29, 0.717) is 21.2 Å². The Balaban J connectivity index is 1.87. The molecule has 0 spiro atoms. The normalized spacial score (nSPS) is 10.6. The molecule has 4 nitrogen and oxygen atoms in total. The van der Waals surface area contributed by atoms with Crippen LogP contribution in [-0.2, 0) is 0 Å². The van der Waals surface area contributed by atoms with E-state index in [1.807, 2.05) is 24.3 Å². The van der Waals surface area contributed by atoms with Crippen LogP contribution >= 0.6 is 22.9 Å². The zero-order valence-corrected chi connectivity index (χ0v) is 13.0. The zero-order chi connectivity index (χ0) is 15.7. The molecule has 22 heavy (non-hydrogen) atoms. The first-order valence-corrected chi connectivity index (χ1v) is 7.68. The van der Waals surface area contributed by atoms with Crippen molar-refractivity contribution >= 4 is 50.5 Å².